The molecule has 3 aliphatic rings. The Labute approximate surface area is 190 Å². The zero-order chi connectivity index (χ0) is 21.6. The second-order valence-electron chi connectivity index (χ2n) is 8.85. The maximum Gasteiger partial charge on any atom is 0.254 e. The lowest BCUT2D eigenvalue weighted by atomic mass is 9.89. The van der Waals surface area contributed by atoms with Crippen molar-refractivity contribution in [1.29, 1.82) is 0 Å². The molecule has 2 fully saturated rings. The van der Waals surface area contributed by atoms with Crippen molar-refractivity contribution in [3.8, 4) is 0 Å². The molecule has 3 heterocycles. The van der Waals surface area contributed by atoms with E-state index in [9.17, 15) is 18.0 Å². The van der Waals surface area contributed by atoms with Crippen LogP contribution in [0.15, 0.2) is 36.0 Å². The molecule has 0 saturated carbocycles. The smallest absolute Gasteiger partial charge is 0.254 e. The van der Waals surface area contributed by atoms with Crippen LogP contribution in [0.3, 0.4) is 0 Å². The van der Waals surface area contributed by atoms with Crippen LogP contribution in [0.5, 0.6) is 0 Å². The van der Waals surface area contributed by atoms with Crippen LogP contribution in [0.2, 0.25) is 0 Å². The van der Waals surface area contributed by atoms with E-state index in [1.54, 1.807) is 11.0 Å². The molecule has 0 aliphatic carbocycles. The summed E-state index contributed by atoms with van der Waals surface area (Å²) in [4.78, 5) is 30.2. The van der Waals surface area contributed by atoms with Crippen LogP contribution in [-0.2, 0) is 21.4 Å². The van der Waals surface area contributed by atoms with Gasteiger partial charge in [0.25, 0.3) is 5.91 Å². The fraction of sp³-hybridized carbons (Fsp3) is 0.545. The molecule has 0 bridgehead atoms. The highest BCUT2D eigenvalue weighted by atomic mass is 35.5. The van der Waals surface area contributed by atoms with Gasteiger partial charge in [0.1, 0.15) is 0 Å². The molecule has 9 heteroatoms. The van der Waals surface area contributed by atoms with Gasteiger partial charge in [-0.25, -0.2) is 12.7 Å². The first-order chi connectivity index (χ1) is 14.2. The first-order valence-corrected chi connectivity index (χ1v) is 12.4. The molecule has 0 aromatic heterocycles. The average Bonchev–Trinajstić information content (AvgIpc) is 3.37. The van der Waals surface area contributed by atoms with Crippen molar-refractivity contribution in [3.05, 3.63) is 47.2 Å². The summed E-state index contributed by atoms with van der Waals surface area (Å²) in [6.45, 7) is 7.20. The lowest BCUT2D eigenvalue weighted by molar-refractivity contribution is -0.128. The second kappa shape index (κ2) is 8.92. The van der Waals surface area contributed by atoms with Crippen molar-refractivity contribution >= 4 is 34.2 Å². The Hall–Kier alpha value is -1.90. The minimum absolute atomic E-state index is 0. The minimum atomic E-state index is -3.73. The van der Waals surface area contributed by atoms with Crippen LogP contribution in [-0.4, -0.2) is 66.3 Å². The number of carbonyl (C=O) groups is 2. The standard InChI is InChI=1S/C22H29N3O4S.ClH/c1-15(2)19-20-18(25(22(19)27)30(3,28)29)10-13-24(20)21(26)17-8-6-16(7-9-17)14-23-11-4-5-12-23;/h6-10,15,19-20H,4-5,11-14H2,1-3H3;1H/t19-,20+;/m1./s1. The zero-order valence-corrected chi connectivity index (χ0v) is 19.8. The fourth-order valence-corrected chi connectivity index (χ4v) is 5.91. The number of carbonyl (C=O) groups excluding carboxylic acids is 2. The van der Waals surface area contributed by atoms with E-state index in [0.717, 1.165) is 30.2 Å². The van der Waals surface area contributed by atoms with Crippen LogP contribution in [0, 0.1) is 11.8 Å². The third kappa shape index (κ3) is 4.38. The number of rotatable bonds is 5. The third-order valence-corrected chi connectivity index (χ3v) is 7.37. The van der Waals surface area contributed by atoms with Crippen LogP contribution in [0.25, 0.3) is 0 Å². The number of amides is 2. The van der Waals surface area contributed by atoms with Crippen molar-refractivity contribution < 1.29 is 18.0 Å². The number of likely N-dealkylation sites (tertiary alicyclic amines) is 1. The number of benzene rings is 1. The number of hydrogen-bond acceptors (Lipinski definition) is 5. The van der Waals surface area contributed by atoms with Crippen molar-refractivity contribution in [3.63, 3.8) is 0 Å². The van der Waals surface area contributed by atoms with Gasteiger partial charge in [-0.05, 0) is 55.6 Å². The molecule has 1 aromatic rings. The lowest BCUT2D eigenvalue weighted by Crippen LogP contribution is -2.42. The van der Waals surface area contributed by atoms with Gasteiger partial charge in [0.05, 0.1) is 23.9 Å². The Morgan fingerprint density at radius 1 is 1.13 bits per heavy atom. The Morgan fingerprint density at radius 2 is 1.74 bits per heavy atom. The van der Waals surface area contributed by atoms with Crippen molar-refractivity contribution in [2.24, 2.45) is 11.8 Å². The van der Waals surface area contributed by atoms with Gasteiger partial charge in [-0.2, -0.15) is 0 Å². The van der Waals surface area contributed by atoms with Crippen molar-refractivity contribution in [2.75, 3.05) is 25.9 Å². The first kappa shape index (κ1) is 23.8. The highest BCUT2D eigenvalue weighted by molar-refractivity contribution is 7.89. The van der Waals surface area contributed by atoms with Gasteiger partial charge in [-0.3, -0.25) is 14.5 Å². The van der Waals surface area contributed by atoms with Gasteiger partial charge < -0.3 is 4.90 Å². The van der Waals surface area contributed by atoms with Gasteiger partial charge >= 0.3 is 0 Å². The summed E-state index contributed by atoms with van der Waals surface area (Å²) in [6.07, 6.45) is 5.21. The average molecular weight is 468 g/mol. The van der Waals surface area contributed by atoms with E-state index in [-0.39, 0.29) is 24.2 Å². The van der Waals surface area contributed by atoms with Gasteiger partial charge in [0.2, 0.25) is 15.9 Å². The SMILES string of the molecule is CC(C)[C@H]1C(=O)N(S(C)(=O)=O)C2=CCN(C(=O)c3ccc(CN4CCCC4)cc3)[C@@H]21.Cl. The second-order valence-corrected chi connectivity index (χ2v) is 10.7. The summed E-state index contributed by atoms with van der Waals surface area (Å²) in [5.74, 6) is -1.27. The number of hydrogen-bond donors (Lipinski definition) is 0. The Morgan fingerprint density at radius 3 is 2.29 bits per heavy atom. The summed E-state index contributed by atoms with van der Waals surface area (Å²) in [6, 6.07) is 7.10. The molecular formula is C22H30ClN3O4S. The van der Waals surface area contributed by atoms with Crippen LogP contribution >= 0.6 is 12.4 Å². The molecule has 0 unspecified atom stereocenters. The van der Waals surface area contributed by atoms with Gasteiger partial charge in [-0.15, -0.1) is 12.4 Å². The molecular weight excluding hydrogens is 438 g/mol. The highest BCUT2D eigenvalue weighted by Crippen LogP contribution is 2.41. The number of nitrogens with zero attached hydrogens (tertiary/aromatic N) is 3. The first-order valence-electron chi connectivity index (χ1n) is 10.5. The summed E-state index contributed by atoms with van der Waals surface area (Å²) in [5.41, 5.74) is 2.15. The highest BCUT2D eigenvalue weighted by Gasteiger charge is 2.54. The van der Waals surface area contributed by atoms with Crippen molar-refractivity contribution in [1.82, 2.24) is 14.1 Å². The third-order valence-electron chi connectivity index (χ3n) is 6.31. The maximum atomic E-state index is 13.3. The molecule has 170 valence electrons. The van der Waals surface area contributed by atoms with E-state index < -0.39 is 27.9 Å². The molecule has 2 amide bonds. The maximum absolute atomic E-state index is 13.3. The van der Waals surface area contributed by atoms with Gasteiger partial charge in [0, 0.05) is 18.7 Å². The van der Waals surface area contributed by atoms with Crippen LogP contribution in [0.4, 0.5) is 0 Å². The minimum Gasteiger partial charge on any atom is -0.325 e. The molecule has 3 aliphatic heterocycles. The Kier molecular flexibility index (Phi) is 6.84. The van der Waals surface area contributed by atoms with E-state index in [2.05, 4.69) is 4.90 Å². The van der Waals surface area contributed by atoms with E-state index in [1.807, 2.05) is 38.1 Å². The topological polar surface area (TPSA) is 78.0 Å². The molecule has 2 saturated heterocycles. The van der Waals surface area contributed by atoms with E-state index in [4.69, 9.17) is 0 Å². The lowest BCUT2D eigenvalue weighted by Gasteiger charge is -2.29. The van der Waals surface area contributed by atoms with Gasteiger partial charge in [0.15, 0.2) is 0 Å². The summed E-state index contributed by atoms with van der Waals surface area (Å²) < 4.78 is 25.4. The molecule has 0 radical (unpaired) electrons. The van der Waals surface area contributed by atoms with E-state index >= 15 is 0 Å². The molecule has 2 atom stereocenters. The van der Waals surface area contributed by atoms with Crippen LogP contribution in [0.1, 0.15) is 42.6 Å². The monoisotopic (exact) mass is 467 g/mol. The quantitative estimate of drug-likeness (QED) is 0.664. The summed E-state index contributed by atoms with van der Waals surface area (Å²) in [5, 5.41) is 0. The van der Waals surface area contributed by atoms with Gasteiger partial charge in [-0.1, -0.05) is 26.0 Å². The number of halogens is 1. The molecule has 4 rings (SSSR count). The van der Waals surface area contributed by atoms with Crippen molar-refractivity contribution in [2.45, 2.75) is 39.3 Å². The van der Waals surface area contributed by atoms with E-state index in [1.165, 1.54) is 18.4 Å². The molecule has 1 aromatic carbocycles. The Bertz CT molecular complexity index is 985. The predicted molar refractivity (Wildman–Crippen MR) is 121 cm³/mol. The predicted octanol–water partition coefficient (Wildman–Crippen LogP) is 2.49. The molecule has 0 N–H and O–H groups in total. The summed E-state index contributed by atoms with van der Waals surface area (Å²) >= 11 is 0. The zero-order valence-electron chi connectivity index (χ0n) is 18.2. The Balaban J connectivity index is 0.00000272. The number of fused-ring (bicyclic) bond motifs is 1. The molecule has 31 heavy (non-hydrogen) atoms. The number of sulfonamides is 1. The molecule has 7 nitrogen and oxygen atoms in total. The van der Waals surface area contributed by atoms with E-state index in [0.29, 0.717) is 17.8 Å². The summed E-state index contributed by atoms with van der Waals surface area (Å²) in [7, 11) is -3.73. The normalized spacial score (nSPS) is 23.9. The molecule has 0 spiro atoms. The fourth-order valence-electron chi connectivity index (χ4n) is 4.90. The van der Waals surface area contributed by atoms with Crippen LogP contribution < -0.4 is 0 Å². The largest absolute Gasteiger partial charge is 0.325 e.